The van der Waals surface area contributed by atoms with Crippen LogP contribution in [0.5, 0.6) is 23.0 Å². The van der Waals surface area contributed by atoms with Gasteiger partial charge >= 0.3 is 6.36 Å². The highest BCUT2D eigenvalue weighted by Gasteiger charge is 2.31. The maximum Gasteiger partial charge on any atom is 0.573 e. The molecule has 3 rings (SSSR count). The molecule has 0 aliphatic rings. The Morgan fingerprint density at radius 3 is 2.48 bits per heavy atom. The van der Waals surface area contributed by atoms with E-state index in [0.717, 1.165) is 37.7 Å². The second-order valence-corrected chi connectivity index (χ2v) is 6.18. The lowest BCUT2D eigenvalue weighted by Crippen LogP contribution is -2.18. The van der Waals surface area contributed by atoms with Crippen molar-refractivity contribution in [3.05, 3.63) is 65.9 Å². The van der Waals surface area contributed by atoms with Crippen molar-refractivity contribution in [1.29, 1.82) is 0 Å². The predicted molar refractivity (Wildman–Crippen MR) is 105 cm³/mol. The normalized spacial score (nSPS) is 10.9. The van der Waals surface area contributed by atoms with Crippen LogP contribution in [0.15, 0.2) is 48.8 Å². The van der Waals surface area contributed by atoms with Crippen LogP contribution >= 0.6 is 0 Å². The molecule has 172 valence electrons. The zero-order valence-corrected chi connectivity index (χ0v) is 16.6. The molecule has 2 heterocycles. The van der Waals surface area contributed by atoms with E-state index in [0.29, 0.717) is 0 Å². The number of hydrogen-bond donors (Lipinski definition) is 2. The van der Waals surface area contributed by atoms with Crippen LogP contribution in [0, 0.1) is 5.82 Å². The Bertz CT molecular complexity index is 1200. The SMILES string of the molecule is COc1cc(OC(F)(F)F)ccc1Oc1cncc(F)c1C(=O)Nc1cccc(C(N)=O)n1. The van der Waals surface area contributed by atoms with Gasteiger partial charge in [-0.3, -0.25) is 14.6 Å². The number of nitrogens with one attached hydrogen (secondary N) is 1. The Hall–Kier alpha value is -4.42. The number of nitrogens with zero attached hydrogens (tertiary/aromatic N) is 2. The molecule has 33 heavy (non-hydrogen) atoms. The molecule has 0 saturated carbocycles. The molecule has 0 spiro atoms. The van der Waals surface area contributed by atoms with E-state index < -0.39 is 35.3 Å². The van der Waals surface area contributed by atoms with Crippen molar-refractivity contribution >= 4 is 17.6 Å². The number of pyridine rings is 2. The first-order valence-corrected chi connectivity index (χ1v) is 8.90. The number of anilines is 1. The number of carbonyl (C=O) groups is 2. The van der Waals surface area contributed by atoms with Crippen molar-refractivity contribution in [3.8, 4) is 23.0 Å². The summed E-state index contributed by atoms with van der Waals surface area (Å²) in [7, 11) is 1.16. The van der Waals surface area contributed by atoms with Crippen LogP contribution in [0.2, 0.25) is 0 Å². The molecule has 0 unspecified atom stereocenters. The number of aromatic nitrogens is 2. The zero-order valence-electron chi connectivity index (χ0n) is 16.6. The van der Waals surface area contributed by atoms with Gasteiger partial charge in [0.1, 0.15) is 22.8 Å². The first-order valence-electron chi connectivity index (χ1n) is 8.90. The van der Waals surface area contributed by atoms with E-state index in [9.17, 15) is 27.2 Å². The predicted octanol–water partition coefficient (Wildman–Crippen LogP) is 3.67. The van der Waals surface area contributed by atoms with E-state index in [4.69, 9.17) is 15.2 Å². The second-order valence-electron chi connectivity index (χ2n) is 6.18. The van der Waals surface area contributed by atoms with Gasteiger partial charge in [-0.05, 0) is 24.3 Å². The smallest absolute Gasteiger partial charge is 0.493 e. The van der Waals surface area contributed by atoms with Crippen LogP contribution in [0.4, 0.5) is 23.4 Å². The Labute approximate surface area is 183 Å². The molecule has 0 radical (unpaired) electrons. The van der Waals surface area contributed by atoms with Gasteiger partial charge in [0.15, 0.2) is 23.1 Å². The van der Waals surface area contributed by atoms with Crippen molar-refractivity contribution in [2.24, 2.45) is 5.73 Å². The van der Waals surface area contributed by atoms with Crippen LogP contribution in [0.25, 0.3) is 0 Å². The molecule has 13 heteroatoms. The van der Waals surface area contributed by atoms with Crippen LogP contribution < -0.4 is 25.3 Å². The fourth-order valence-electron chi connectivity index (χ4n) is 2.58. The first-order chi connectivity index (χ1) is 15.6. The molecule has 9 nitrogen and oxygen atoms in total. The summed E-state index contributed by atoms with van der Waals surface area (Å²) in [6, 6.07) is 6.97. The molecule has 0 saturated heterocycles. The molecule has 0 atom stereocenters. The summed E-state index contributed by atoms with van der Waals surface area (Å²) >= 11 is 0. The zero-order chi connectivity index (χ0) is 24.2. The minimum Gasteiger partial charge on any atom is -0.493 e. The van der Waals surface area contributed by atoms with E-state index in [-0.39, 0.29) is 28.8 Å². The lowest BCUT2D eigenvalue weighted by molar-refractivity contribution is -0.274. The average Bonchev–Trinajstić information content (AvgIpc) is 2.74. The van der Waals surface area contributed by atoms with Gasteiger partial charge in [0.05, 0.1) is 19.5 Å². The van der Waals surface area contributed by atoms with Gasteiger partial charge in [0.2, 0.25) is 0 Å². The van der Waals surface area contributed by atoms with Gasteiger partial charge in [0.25, 0.3) is 11.8 Å². The minimum absolute atomic E-state index is 0.0929. The number of ether oxygens (including phenoxy) is 3. The molecular weight excluding hydrogens is 452 g/mol. The third kappa shape index (κ3) is 5.84. The summed E-state index contributed by atoms with van der Waals surface area (Å²) in [5, 5.41) is 2.30. The molecule has 3 aromatic rings. The number of nitrogens with two attached hydrogens (primary N) is 1. The number of alkyl halides is 3. The van der Waals surface area contributed by atoms with Crippen molar-refractivity contribution < 1.29 is 41.4 Å². The Morgan fingerprint density at radius 2 is 1.82 bits per heavy atom. The third-order valence-corrected chi connectivity index (χ3v) is 3.92. The summed E-state index contributed by atoms with van der Waals surface area (Å²) in [6.45, 7) is 0. The monoisotopic (exact) mass is 466 g/mol. The Kier molecular flexibility index (Phi) is 6.61. The molecule has 0 bridgehead atoms. The maximum absolute atomic E-state index is 14.5. The van der Waals surface area contributed by atoms with E-state index in [1.54, 1.807) is 0 Å². The molecule has 2 amide bonds. The molecule has 0 aliphatic heterocycles. The van der Waals surface area contributed by atoms with Gasteiger partial charge in [-0.2, -0.15) is 0 Å². The van der Waals surface area contributed by atoms with Crippen LogP contribution in [0.3, 0.4) is 0 Å². The largest absolute Gasteiger partial charge is 0.573 e. The number of rotatable bonds is 7. The van der Waals surface area contributed by atoms with E-state index in [1.807, 2.05) is 0 Å². The topological polar surface area (TPSA) is 126 Å². The minimum atomic E-state index is -4.93. The second kappa shape index (κ2) is 9.38. The van der Waals surface area contributed by atoms with Gasteiger partial charge in [-0.15, -0.1) is 13.2 Å². The van der Waals surface area contributed by atoms with Gasteiger partial charge in [0, 0.05) is 6.07 Å². The van der Waals surface area contributed by atoms with E-state index in [2.05, 4.69) is 20.0 Å². The summed E-state index contributed by atoms with van der Waals surface area (Å²) in [5.74, 6) is -4.30. The number of primary amides is 1. The molecule has 2 aromatic heterocycles. The molecule has 3 N–H and O–H groups in total. The van der Waals surface area contributed by atoms with Crippen molar-refractivity contribution in [1.82, 2.24) is 9.97 Å². The highest BCUT2D eigenvalue weighted by molar-refractivity contribution is 6.06. The lowest BCUT2D eigenvalue weighted by atomic mass is 10.2. The maximum atomic E-state index is 14.5. The lowest BCUT2D eigenvalue weighted by Gasteiger charge is -2.15. The van der Waals surface area contributed by atoms with Gasteiger partial charge in [-0.25, -0.2) is 9.37 Å². The molecule has 1 aromatic carbocycles. The van der Waals surface area contributed by atoms with Crippen LogP contribution in [-0.2, 0) is 0 Å². The van der Waals surface area contributed by atoms with Crippen molar-refractivity contribution in [2.45, 2.75) is 6.36 Å². The summed E-state index contributed by atoms with van der Waals surface area (Å²) in [5.41, 5.74) is 4.42. The average molecular weight is 466 g/mol. The highest BCUT2D eigenvalue weighted by atomic mass is 19.4. The molecule has 0 aliphatic carbocycles. The van der Waals surface area contributed by atoms with Crippen molar-refractivity contribution in [3.63, 3.8) is 0 Å². The number of carbonyl (C=O) groups excluding carboxylic acids is 2. The molecular formula is C20H14F4N4O5. The number of hydrogen-bond acceptors (Lipinski definition) is 7. The van der Waals surface area contributed by atoms with Crippen LogP contribution in [0.1, 0.15) is 20.8 Å². The summed E-state index contributed by atoms with van der Waals surface area (Å²) < 4.78 is 66.1. The van der Waals surface area contributed by atoms with E-state index in [1.165, 1.54) is 18.2 Å². The fraction of sp³-hybridized carbons (Fsp3) is 0.100. The highest BCUT2D eigenvalue weighted by Crippen LogP contribution is 2.37. The van der Waals surface area contributed by atoms with Crippen molar-refractivity contribution in [2.75, 3.05) is 12.4 Å². The fourth-order valence-corrected chi connectivity index (χ4v) is 2.58. The molecule has 0 fully saturated rings. The Balaban J connectivity index is 1.90. The first kappa shape index (κ1) is 23.2. The summed E-state index contributed by atoms with van der Waals surface area (Å²) in [6.07, 6.45) is -3.15. The summed E-state index contributed by atoms with van der Waals surface area (Å²) in [4.78, 5) is 31.4. The van der Waals surface area contributed by atoms with Gasteiger partial charge < -0.3 is 25.3 Å². The third-order valence-electron chi connectivity index (χ3n) is 3.92. The number of benzene rings is 1. The standard InChI is InChI=1S/C20H14F4N4O5/c1-31-14-7-10(33-20(22,23)24)5-6-13(14)32-15-9-26-8-11(21)17(15)19(30)28-16-4-2-3-12(27-16)18(25)29/h2-9H,1H3,(H2,25,29)(H,27,28,30). The number of methoxy groups -OCH3 is 1. The number of amides is 2. The Morgan fingerprint density at radius 1 is 1.06 bits per heavy atom. The van der Waals surface area contributed by atoms with Gasteiger partial charge in [-0.1, -0.05) is 6.07 Å². The van der Waals surface area contributed by atoms with E-state index >= 15 is 0 Å². The number of halogens is 4. The quantitative estimate of drug-likeness (QED) is 0.509. The van der Waals surface area contributed by atoms with Crippen LogP contribution in [-0.4, -0.2) is 35.3 Å².